The predicted molar refractivity (Wildman–Crippen MR) is 124 cm³/mol. The Morgan fingerprint density at radius 3 is 1.86 bits per heavy atom. The van der Waals surface area contributed by atoms with E-state index in [0.29, 0.717) is 12.2 Å². The number of carbonyl (C=O) groups is 2. The number of carbonyl (C=O) groups excluding carboxylic acids is 1. The number of hydrogen-bond acceptors (Lipinski definition) is 6. The van der Waals surface area contributed by atoms with Crippen LogP contribution in [0.4, 0.5) is 0 Å². The van der Waals surface area contributed by atoms with E-state index in [0.717, 1.165) is 6.42 Å². The number of carboxylic acids is 1. The Labute approximate surface area is 179 Å². The summed E-state index contributed by atoms with van der Waals surface area (Å²) in [6, 6.07) is 0. The molecular formula is C19H40O7Si3. The van der Waals surface area contributed by atoms with Crippen LogP contribution in [0.1, 0.15) is 33.6 Å². The molecule has 170 valence electrons. The summed E-state index contributed by atoms with van der Waals surface area (Å²) in [4.78, 5) is 21.6. The van der Waals surface area contributed by atoms with Gasteiger partial charge in [-0.2, -0.15) is 0 Å². The van der Waals surface area contributed by atoms with Crippen LogP contribution in [-0.2, 0) is 27.0 Å². The Bertz CT molecular complexity index is 558. The highest BCUT2D eigenvalue weighted by atomic mass is 28.5. The highest BCUT2D eigenvalue weighted by Gasteiger charge is 2.50. The average molecular weight is 465 g/mol. The Morgan fingerprint density at radius 2 is 1.59 bits per heavy atom. The average Bonchev–Trinajstić information content (AvgIpc) is 2.49. The van der Waals surface area contributed by atoms with Gasteiger partial charge in [0, 0.05) is 12.2 Å². The maximum atomic E-state index is 12.1. The topological polar surface area (TPSA) is 91.3 Å². The molecule has 0 heterocycles. The van der Waals surface area contributed by atoms with Crippen molar-refractivity contribution in [3.8, 4) is 0 Å². The van der Waals surface area contributed by atoms with Gasteiger partial charge in [0.2, 0.25) is 0 Å². The van der Waals surface area contributed by atoms with E-state index in [-0.39, 0.29) is 12.1 Å². The predicted octanol–water partition coefficient (Wildman–Crippen LogP) is 4.75. The van der Waals surface area contributed by atoms with Crippen LogP contribution in [0.3, 0.4) is 0 Å². The molecule has 0 radical (unpaired) electrons. The van der Waals surface area contributed by atoms with Crippen LogP contribution >= 0.6 is 0 Å². The summed E-state index contributed by atoms with van der Waals surface area (Å²) in [7, 11) is -7.14. The van der Waals surface area contributed by atoms with E-state index in [1.807, 2.05) is 33.5 Å². The molecular weight excluding hydrogens is 424 g/mol. The third-order valence-corrected chi connectivity index (χ3v) is 13.6. The number of aliphatic carboxylic acids is 1. The summed E-state index contributed by atoms with van der Waals surface area (Å²) in [6.07, 6.45) is 2.12. The number of ether oxygens (including phenoxy) is 1. The summed E-state index contributed by atoms with van der Waals surface area (Å²) in [5, 5.41) is 7.84. The van der Waals surface area contributed by atoms with Gasteiger partial charge in [0.15, 0.2) is 8.32 Å². The van der Waals surface area contributed by atoms with Crippen molar-refractivity contribution in [2.75, 3.05) is 6.61 Å². The van der Waals surface area contributed by atoms with Crippen molar-refractivity contribution in [1.82, 2.24) is 0 Å². The molecule has 2 atom stereocenters. The smallest absolute Gasteiger partial charge is 0.419 e. The van der Waals surface area contributed by atoms with Crippen LogP contribution in [-0.4, -0.2) is 54.8 Å². The molecule has 1 N–H and O–H groups in total. The van der Waals surface area contributed by atoms with E-state index in [1.165, 1.54) is 6.08 Å². The normalized spacial score (nSPS) is 14.7. The quantitative estimate of drug-likeness (QED) is 0.253. The third kappa shape index (κ3) is 14.6. The molecule has 0 aliphatic rings. The molecule has 0 fully saturated rings. The van der Waals surface area contributed by atoms with Crippen molar-refractivity contribution >= 4 is 37.4 Å². The molecule has 10 heteroatoms. The van der Waals surface area contributed by atoms with Gasteiger partial charge < -0.3 is 22.5 Å². The molecule has 0 saturated heterocycles. The van der Waals surface area contributed by atoms with E-state index >= 15 is 0 Å². The Morgan fingerprint density at radius 1 is 1.07 bits per heavy atom. The number of carboxylic acid groups (broad SMARTS) is 1. The fourth-order valence-electron chi connectivity index (χ4n) is 2.63. The molecule has 0 spiro atoms. The minimum absolute atomic E-state index is 0.0556. The van der Waals surface area contributed by atoms with E-state index < -0.39 is 37.4 Å². The first kappa shape index (κ1) is 30.1. The standard InChI is InChI=1S/C15H34O5Si3.C4H6O2/c1-11-14(17-12-2)23(10,18-15(16)13(3)4)20-22(8,9)19-21(5,6)7;1-2-3-4(5)6/h14H,3,11-12H2,1-2,4-10H3;2H,1,3H2,(H,5,6). The van der Waals surface area contributed by atoms with E-state index in [1.54, 1.807) is 6.92 Å². The highest BCUT2D eigenvalue weighted by molar-refractivity contribution is 6.86. The van der Waals surface area contributed by atoms with Crippen LogP contribution in [0.5, 0.6) is 0 Å². The van der Waals surface area contributed by atoms with Crippen LogP contribution in [0.15, 0.2) is 24.8 Å². The SMILES string of the molecule is C=C(C)C(=O)O[Si](C)(O[Si](C)(C)O[Si](C)(C)C)C(CC)OCC.C=CCC(=O)O. The monoisotopic (exact) mass is 464 g/mol. The van der Waals surface area contributed by atoms with Gasteiger partial charge in [-0.25, -0.2) is 4.79 Å². The van der Waals surface area contributed by atoms with Gasteiger partial charge in [0.1, 0.15) is 5.73 Å². The van der Waals surface area contributed by atoms with E-state index in [9.17, 15) is 9.59 Å². The second-order valence-electron chi connectivity index (χ2n) is 8.14. The summed E-state index contributed by atoms with van der Waals surface area (Å²) < 4.78 is 24.3. The summed E-state index contributed by atoms with van der Waals surface area (Å²) >= 11 is 0. The lowest BCUT2D eigenvalue weighted by atomic mass is 10.4. The fourth-order valence-corrected chi connectivity index (χ4v) is 15.6. The molecule has 2 unspecified atom stereocenters. The molecule has 7 nitrogen and oxygen atoms in total. The molecule has 0 aliphatic carbocycles. The molecule has 0 aromatic carbocycles. The first-order valence-electron chi connectivity index (χ1n) is 9.77. The second kappa shape index (κ2) is 13.3. The Hall–Kier alpha value is -1.05. The maximum Gasteiger partial charge on any atom is 0.419 e. The lowest BCUT2D eigenvalue weighted by Gasteiger charge is -2.40. The largest absolute Gasteiger partial charge is 0.489 e. The molecule has 0 saturated carbocycles. The molecule has 0 rings (SSSR count). The summed E-state index contributed by atoms with van der Waals surface area (Å²) in [6.45, 7) is 25.3. The first-order valence-corrected chi connectivity index (χ1v) is 18.4. The van der Waals surface area contributed by atoms with Gasteiger partial charge in [-0.3, -0.25) is 4.79 Å². The zero-order valence-corrected chi connectivity index (χ0v) is 22.6. The van der Waals surface area contributed by atoms with E-state index in [2.05, 4.69) is 32.8 Å². The molecule has 0 aromatic rings. The van der Waals surface area contributed by atoms with Crippen molar-refractivity contribution in [2.45, 2.75) is 78.6 Å². The van der Waals surface area contributed by atoms with Gasteiger partial charge in [-0.15, -0.1) is 6.58 Å². The Kier molecular flexibility index (Phi) is 13.8. The zero-order valence-electron chi connectivity index (χ0n) is 19.6. The molecule has 0 bridgehead atoms. The maximum absolute atomic E-state index is 12.1. The highest BCUT2D eigenvalue weighted by Crippen LogP contribution is 2.27. The molecule has 29 heavy (non-hydrogen) atoms. The first-order chi connectivity index (χ1) is 13.0. The molecule has 0 aliphatic heterocycles. The lowest BCUT2D eigenvalue weighted by Crippen LogP contribution is -2.61. The number of rotatable bonds is 12. The fraction of sp³-hybridized carbons (Fsp3) is 0.684. The number of hydrogen-bond donors (Lipinski definition) is 1. The minimum Gasteiger partial charge on any atom is -0.489 e. The zero-order chi connectivity index (χ0) is 23.5. The third-order valence-electron chi connectivity index (χ3n) is 3.29. The van der Waals surface area contributed by atoms with Gasteiger partial charge in [0.05, 0.1) is 6.42 Å². The van der Waals surface area contributed by atoms with Gasteiger partial charge in [-0.05, 0) is 59.6 Å². The van der Waals surface area contributed by atoms with Gasteiger partial charge >= 0.3 is 29.1 Å². The van der Waals surface area contributed by atoms with Crippen molar-refractivity contribution in [3.05, 3.63) is 24.8 Å². The van der Waals surface area contributed by atoms with Crippen molar-refractivity contribution in [2.24, 2.45) is 0 Å². The van der Waals surface area contributed by atoms with Crippen molar-refractivity contribution < 1.29 is 32.1 Å². The molecule has 0 aromatic heterocycles. The van der Waals surface area contributed by atoms with Crippen molar-refractivity contribution in [3.63, 3.8) is 0 Å². The van der Waals surface area contributed by atoms with Crippen LogP contribution in [0, 0.1) is 0 Å². The van der Waals surface area contributed by atoms with Crippen molar-refractivity contribution in [1.29, 1.82) is 0 Å². The molecule has 0 amide bonds. The summed E-state index contributed by atoms with van der Waals surface area (Å²) in [5.41, 5.74) is 0.136. The van der Waals surface area contributed by atoms with Crippen LogP contribution in [0.25, 0.3) is 0 Å². The van der Waals surface area contributed by atoms with Crippen LogP contribution in [0.2, 0.25) is 39.3 Å². The summed E-state index contributed by atoms with van der Waals surface area (Å²) in [5.74, 6) is -1.25. The second-order valence-corrected chi connectivity index (χ2v) is 19.7. The van der Waals surface area contributed by atoms with Gasteiger partial charge in [-0.1, -0.05) is 19.6 Å². The lowest BCUT2D eigenvalue weighted by molar-refractivity contribution is -0.136. The van der Waals surface area contributed by atoms with Gasteiger partial charge in [0.25, 0.3) is 0 Å². The van der Waals surface area contributed by atoms with Crippen LogP contribution < -0.4 is 0 Å². The minimum atomic E-state index is -2.93. The Balaban J connectivity index is 0. The van der Waals surface area contributed by atoms with E-state index in [4.69, 9.17) is 22.5 Å².